The molecule has 1 amide bonds. The first kappa shape index (κ1) is 28.0. The van der Waals surface area contributed by atoms with Crippen LogP contribution in [0.25, 0.3) is 0 Å². The summed E-state index contributed by atoms with van der Waals surface area (Å²) in [5.41, 5.74) is 3.53. The van der Waals surface area contributed by atoms with Crippen LogP contribution < -0.4 is 4.31 Å². The Bertz CT molecular complexity index is 1480. The van der Waals surface area contributed by atoms with Crippen LogP contribution >= 0.6 is 11.8 Å². The van der Waals surface area contributed by atoms with Crippen LogP contribution in [0, 0.1) is 0 Å². The molecule has 1 fully saturated rings. The molecule has 0 aromatic heterocycles. The summed E-state index contributed by atoms with van der Waals surface area (Å²) in [6, 6.07) is 34.8. The summed E-state index contributed by atoms with van der Waals surface area (Å²) in [6.45, 7) is 2.76. The van der Waals surface area contributed by atoms with Crippen LogP contribution in [0.3, 0.4) is 0 Å². The highest BCUT2D eigenvalue weighted by Gasteiger charge is 2.29. The van der Waals surface area contributed by atoms with Crippen LogP contribution in [0.5, 0.6) is 0 Å². The molecule has 4 aromatic carbocycles. The third-order valence-corrected chi connectivity index (χ3v) is 9.94. The summed E-state index contributed by atoms with van der Waals surface area (Å²) in [5, 5.41) is 0. The largest absolute Gasteiger partial charge is 0.336 e. The number of carbonyl (C=O) groups is 1. The zero-order valence-corrected chi connectivity index (χ0v) is 24.3. The van der Waals surface area contributed by atoms with Crippen LogP contribution in [0.15, 0.2) is 119 Å². The van der Waals surface area contributed by atoms with Crippen LogP contribution in [0.2, 0.25) is 0 Å². The molecule has 1 saturated heterocycles. The molecule has 0 bridgehead atoms. The van der Waals surface area contributed by atoms with Crippen LogP contribution in [0.1, 0.15) is 27.5 Å². The van der Waals surface area contributed by atoms with Gasteiger partial charge < -0.3 is 4.90 Å². The zero-order chi connectivity index (χ0) is 28.1. The molecule has 0 radical (unpaired) electrons. The Morgan fingerprint density at radius 1 is 0.750 bits per heavy atom. The number of carbonyl (C=O) groups excluding carboxylic acids is 1. The smallest absolute Gasteiger partial charge is 0.264 e. The maximum absolute atomic E-state index is 13.3. The summed E-state index contributed by atoms with van der Waals surface area (Å²) < 4.78 is 27.5. The van der Waals surface area contributed by atoms with E-state index in [1.165, 1.54) is 22.5 Å². The van der Waals surface area contributed by atoms with Gasteiger partial charge in [-0.05, 0) is 65.9 Å². The van der Waals surface area contributed by atoms with Gasteiger partial charge in [-0.1, -0.05) is 60.7 Å². The summed E-state index contributed by atoms with van der Waals surface area (Å²) >= 11 is 1.56. The third kappa shape index (κ3) is 5.94. The second kappa shape index (κ2) is 12.3. The number of hydrogen-bond acceptors (Lipinski definition) is 5. The predicted molar refractivity (Wildman–Crippen MR) is 162 cm³/mol. The second-order valence-corrected chi connectivity index (χ2v) is 12.6. The third-order valence-electron chi connectivity index (χ3n) is 7.39. The Morgan fingerprint density at radius 3 is 1.77 bits per heavy atom. The average Bonchev–Trinajstić information content (AvgIpc) is 3.02. The molecule has 206 valence electrons. The first-order valence-corrected chi connectivity index (χ1v) is 15.9. The van der Waals surface area contributed by atoms with Crippen LogP contribution in [0.4, 0.5) is 5.69 Å². The van der Waals surface area contributed by atoms with Gasteiger partial charge in [0.05, 0.1) is 16.6 Å². The number of rotatable bonds is 8. The minimum Gasteiger partial charge on any atom is -0.336 e. The molecule has 40 heavy (non-hydrogen) atoms. The molecule has 5 rings (SSSR count). The molecule has 1 aliphatic heterocycles. The Labute approximate surface area is 241 Å². The quantitative estimate of drug-likeness (QED) is 0.251. The summed E-state index contributed by atoms with van der Waals surface area (Å²) in [5.74, 6) is -0.0414. The topological polar surface area (TPSA) is 60.9 Å². The van der Waals surface area contributed by atoms with Gasteiger partial charge in [-0.3, -0.25) is 14.0 Å². The van der Waals surface area contributed by atoms with Gasteiger partial charge in [0.15, 0.2) is 0 Å². The molecule has 0 saturated carbocycles. The first-order valence-electron chi connectivity index (χ1n) is 13.2. The maximum Gasteiger partial charge on any atom is 0.264 e. The van der Waals surface area contributed by atoms with E-state index in [1.54, 1.807) is 60.3 Å². The standard InChI is InChI=1S/C32H33N3O3S2/c1-33(40(37,38)30-19-17-29(39-2)18-20-30)28-15-13-27(14-16-28)32(36)35-23-21-34(22-24-35)31(25-9-5-3-6-10-25)26-11-7-4-8-12-26/h3-20,31H,21-24H2,1-2H3. The molecule has 0 unspecified atom stereocenters. The van der Waals surface area contributed by atoms with Gasteiger partial charge in [0.1, 0.15) is 0 Å². The molecule has 0 N–H and O–H groups in total. The van der Waals surface area contributed by atoms with Gasteiger partial charge in [0, 0.05) is 43.7 Å². The monoisotopic (exact) mass is 571 g/mol. The number of piperazine rings is 1. The SMILES string of the molecule is CSc1ccc(S(=O)(=O)N(C)c2ccc(C(=O)N3CCN(C(c4ccccc4)c4ccccc4)CC3)cc2)cc1. The number of benzene rings is 4. The van der Waals surface area contributed by atoms with Crippen molar-refractivity contribution in [3.05, 3.63) is 126 Å². The van der Waals surface area contributed by atoms with E-state index in [-0.39, 0.29) is 16.8 Å². The van der Waals surface area contributed by atoms with Crippen molar-refractivity contribution >= 4 is 33.4 Å². The number of anilines is 1. The Hall–Kier alpha value is -3.59. The number of sulfonamides is 1. The molecule has 0 aliphatic carbocycles. The van der Waals surface area contributed by atoms with Crippen molar-refractivity contribution in [3.63, 3.8) is 0 Å². The minimum atomic E-state index is -3.71. The molecular weight excluding hydrogens is 539 g/mol. The fourth-order valence-corrected chi connectivity index (χ4v) is 6.71. The van der Waals surface area contributed by atoms with Gasteiger partial charge in [-0.25, -0.2) is 8.42 Å². The lowest BCUT2D eigenvalue weighted by molar-refractivity contribution is 0.0597. The lowest BCUT2D eigenvalue weighted by atomic mass is 9.96. The molecular formula is C32H33N3O3S2. The van der Waals surface area contributed by atoms with Crippen molar-refractivity contribution in [2.75, 3.05) is 43.8 Å². The predicted octanol–water partition coefficient (Wildman–Crippen LogP) is 5.78. The minimum absolute atomic E-state index is 0.0414. The van der Waals surface area contributed by atoms with Crippen molar-refractivity contribution in [1.82, 2.24) is 9.80 Å². The van der Waals surface area contributed by atoms with Crippen LogP contribution in [-0.4, -0.2) is 63.6 Å². The molecule has 0 spiro atoms. The van der Waals surface area contributed by atoms with E-state index >= 15 is 0 Å². The van der Waals surface area contributed by atoms with E-state index < -0.39 is 10.0 Å². The fraction of sp³-hybridized carbons (Fsp3) is 0.219. The molecule has 1 heterocycles. The Kier molecular flexibility index (Phi) is 8.59. The lowest BCUT2D eigenvalue weighted by Gasteiger charge is -2.39. The molecule has 4 aromatic rings. The van der Waals surface area contributed by atoms with Crippen molar-refractivity contribution in [2.24, 2.45) is 0 Å². The Morgan fingerprint density at radius 2 is 1.27 bits per heavy atom. The molecule has 8 heteroatoms. The summed E-state index contributed by atoms with van der Waals surface area (Å²) in [4.78, 5) is 18.9. The zero-order valence-electron chi connectivity index (χ0n) is 22.7. The van der Waals surface area contributed by atoms with Gasteiger partial charge in [0.2, 0.25) is 0 Å². The molecule has 6 nitrogen and oxygen atoms in total. The van der Waals surface area contributed by atoms with E-state index in [0.717, 1.165) is 18.0 Å². The lowest BCUT2D eigenvalue weighted by Crippen LogP contribution is -2.49. The van der Waals surface area contributed by atoms with Gasteiger partial charge in [0.25, 0.3) is 15.9 Å². The normalized spacial score (nSPS) is 14.3. The average molecular weight is 572 g/mol. The maximum atomic E-state index is 13.3. The van der Waals surface area contributed by atoms with E-state index in [0.29, 0.717) is 24.3 Å². The highest BCUT2D eigenvalue weighted by Crippen LogP contribution is 2.30. The number of hydrogen-bond donors (Lipinski definition) is 0. The fourth-order valence-electron chi connectivity index (χ4n) is 5.11. The highest BCUT2D eigenvalue weighted by atomic mass is 32.2. The van der Waals surface area contributed by atoms with E-state index in [2.05, 4.69) is 53.4 Å². The number of nitrogens with zero attached hydrogens (tertiary/aromatic N) is 3. The van der Waals surface area contributed by atoms with Crippen molar-refractivity contribution in [1.29, 1.82) is 0 Å². The van der Waals surface area contributed by atoms with Gasteiger partial charge in [-0.2, -0.15) is 0 Å². The molecule has 0 atom stereocenters. The van der Waals surface area contributed by atoms with Crippen molar-refractivity contribution in [2.45, 2.75) is 15.8 Å². The molecule has 1 aliphatic rings. The number of thioether (sulfide) groups is 1. The summed E-state index contributed by atoms with van der Waals surface area (Å²) in [6.07, 6.45) is 1.95. The number of amides is 1. The van der Waals surface area contributed by atoms with Gasteiger partial charge in [-0.15, -0.1) is 11.8 Å². The summed E-state index contributed by atoms with van der Waals surface area (Å²) in [7, 11) is -2.18. The van der Waals surface area contributed by atoms with Gasteiger partial charge >= 0.3 is 0 Å². The van der Waals surface area contributed by atoms with E-state index in [9.17, 15) is 13.2 Å². The van der Waals surface area contributed by atoms with Crippen molar-refractivity contribution < 1.29 is 13.2 Å². The van der Waals surface area contributed by atoms with Crippen molar-refractivity contribution in [3.8, 4) is 0 Å². The second-order valence-electron chi connectivity index (χ2n) is 9.75. The highest BCUT2D eigenvalue weighted by molar-refractivity contribution is 7.98. The first-order chi connectivity index (χ1) is 19.4. The van der Waals surface area contributed by atoms with E-state index in [1.807, 2.05) is 23.3 Å². The van der Waals surface area contributed by atoms with E-state index in [4.69, 9.17) is 0 Å². The van der Waals surface area contributed by atoms with Crippen LogP contribution in [-0.2, 0) is 10.0 Å². The Balaban J connectivity index is 1.25.